The van der Waals surface area contributed by atoms with E-state index in [0.717, 1.165) is 6.04 Å². The molecule has 244 valence electrons. The second-order valence-electron chi connectivity index (χ2n) is 12.0. The number of carboxylic acid groups (broad SMARTS) is 1. The summed E-state index contributed by atoms with van der Waals surface area (Å²) in [5.41, 5.74) is 0.552. The van der Waals surface area contributed by atoms with Gasteiger partial charge < -0.3 is 59.1 Å². The van der Waals surface area contributed by atoms with Crippen LogP contribution in [0.15, 0.2) is 30.9 Å². The number of ether oxygens (including phenoxy) is 6. The van der Waals surface area contributed by atoms with Gasteiger partial charge in [-0.05, 0) is 31.0 Å². The van der Waals surface area contributed by atoms with Crippen LogP contribution >= 0.6 is 0 Å². The summed E-state index contributed by atoms with van der Waals surface area (Å²) in [7, 11) is -1.56. The fraction of sp³-hybridized carbons (Fsp3) is 0.690. The number of carbonyl (C=O) groups is 1. The Kier molecular flexibility index (Phi) is 13.0. The Morgan fingerprint density at radius 3 is 2.40 bits per heavy atom. The van der Waals surface area contributed by atoms with Gasteiger partial charge in [0.15, 0.2) is 30.2 Å². The van der Waals surface area contributed by atoms with Crippen molar-refractivity contribution >= 4 is 14.0 Å². The van der Waals surface area contributed by atoms with Crippen LogP contribution in [0, 0.1) is 0 Å². The monoisotopic (exact) mass is 630 g/mol. The predicted molar refractivity (Wildman–Crippen MR) is 156 cm³/mol. The average Bonchev–Trinajstić information content (AvgIpc) is 2.94. The van der Waals surface area contributed by atoms with E-state index in [-0.39, 0.29) is 37.6 Å². The van der Waals surface area contributed by atoms with Crippen molar-refractivity contribution in [1.29, 1.82) is 0 Å². The van der Waals surface area contributed by atoms with Crippen molar-refractivity contribution in [3.05, 3.63) is 36.4 Å². The van der Waals surface area contributed by atoms with Crippen molar-refractivity contribution in [2.24, 2.45) is 0 Å². The van der Waals surface area contributed by atoms with Crippen LogP contribution in [0.5, 0.6) is 11.5 Å². The van der Waals surface area contributed by atoms with Gasteiger partial charge in [-0.15, -0.1) is 0 Å². The Morgan fingerprint density at radius 1 is 1.05 bits per heavy atom. The van der Waals surface area contributed by atoms with Crippen LogP contribution in [-0.2, 0) is 30.2 Å². The van der Waals surface area contributed by atoms with E-state index in [0.29, 0.717) is 5.56 Å². The number of hydrogen-bond acceptors (Lipinski definition) is 12. The molecule has 0 amide bonds. The van der Waals surface area contributed by atoms with Crippen molar-refractivity contribution in [3.8, 4) is 11.5 Å². The molecule has 0 bridgehead atoms. The van der Waals surface area contributed by atoms with Crippen LogP contribution in [0.25, 0.3) is 0 Å². The zero-order chi connectivity index (χ0) is 31.9. The SMILES string of the molecule is C=CCOc1c(CCC(=O)O)cccc1O[C@H]1[C@H](O[C@@H]2O[C@H](C)[C@H](O)[C@H](O)[C@H]2O)[C@@H](OCC[Si](C)(C)C)[C@H](O)O[C@@H]1CO. The summed E-state index contributed by atoms with van der Waals surface area (Å²) in [6, 6.07) is 5.70. The molecule has 0 aromatic heterocycles. The normalized spacial score (nSPS) is 33.1. The maximum atomic E-state index is 11.3. The number of benzene rings is 1. The average molecular weight is 631 g/mol. The Labute approximate surface area is 252 Å². The molecule has 0 radical (unpaired) electrons. The third-order valence-corrected chi connectivity index (χ3v) is 9.03. The molecule has 2 aliphatic heterocycles. The first-order valence-electron chi connectivity index (χ1n) is 14.4. The van der Waals surface area contributed by atoms with Crippen LogP contribution in [-0.4, -0.2) is 126 Å². The van der Waals surface area contributed by atoms with Gasteiger partial charge in [-0.25, -0.2) is 0 Å². The highest BCUT2D eigenvalue weighted by atomic mass is 28.3. The summed E-state index contributed by atoms with van der Waals surface area (Å²) in [5.74, 6) is -0.561. The maximum Gasteiger partial charge on any atom is 0.303 e. The van der Waals surface area contributed by atoms with Gasteiger partial charge in [0.25, 0.3) is 0 Å². The molecule has 2 fully saturated rings. The third-order valence-electron chi connectivity index (χ3n) is 7.33. The number of aliphatic carboxylic acids is 1. The Bertz CT molecular complexity index is 1050. The lowest BCUT2D eigenvalue weighted by Crippen LogP contribution is -2.65. The zero-order valence-electron chi connectivity index (χ0n) is 25.1. The van der Waals surface area contributed by atoms with Crippen molar-refractivity contribution in [3.63, 3.8) is 0 Å². The van der Waals surface area contributed by atoms with E-state index < -0.39 is 82.1 Å². The van der Waals surface area contributed by atoms with E-state index in [9.17, 15) is 35.4 Å². The first kappa shape index (κ1) is 35.4. The molecular formula is C29H46O13Si. The van der Waals surface area contributed by atoms with Crippen molar-refractivity contribution in [2.45, 2.75) is 107 Å². The third kappa shape index (κ3) is 9.44. The van der Waals surface area contributed by atoms with Crippen molar-refractivity contribution in [2.75, 3.05) is 19.8 Å². The lowest BCUT2D eigenvalue weighted by atomic mass is 9.96. The largest absolute Gasteiger partial charge is 0.485 e. The van der Waals surface area contributed by atoms with Crippen molar-refractivity contribution < 1.29 is 63.9 Å². The van der Waals surface area contributed by atoms with Crippen LogP contribution in [0.3, 0.4) is 0 Å². The van der Waals surface area contributed by atoms with Gasteiger partial charge >= 0.3 is 5.97 Å². The molecule has 3 rings (SSSR count). The van der Waals surface area contributed by atoms with Gasteiger partial charge in [0, 0.05) is 21.1 Å². The fourth-order valence-electron chi connectivity index (χ4n) is 4.84. The van der Waals surface area contributed by atoms with Gasteiger partial charge in [-0.1, -0.05) is 44.4 Å². The molecule has 2 heterocycles. The first-order chi connectivity index (χ1) is 20.3. The molecule has 6 N–H and O–H groups in total. The first-order valence-corrected chi connectivity index (χ1v) is 18.1. The maximum absolute atomic E-state index is 11.3. The van der Waals surface area contributed by atoms with Gasteiger partial charge in [-0.2, -0.15) is 0 Å². The summed E-state index contributed by atoms with van der Waals surface area (Å²) in [4.78, 5) is 11.3. The molecule has 2 saturated heterocycles. The van der Waals surface area contributed by atoms with Crippen LogP contribution in [0.1, 0.15) is 18.9 Å². The second-order valence-corrected chi connectivity index (χ2v) is 17.6. The van der Waals surface area contributed by atoms with Crippen LogP contribution < -0.4 is 9.47 Å². The molecule has 0 spiro atoms. The van der Waals surface area contributed by atoms with Gasteiger partial charge in [0.05, 0.1) is 12.7 Å². The van der Waals surface area contributed by atoms with Gasteiger partial charge in [0.2, 0.25) is 0 Å². The Morgan fingerprint density at radius 2 is 1.77 bits per heavy atom. The minimum absolute atomic E-state index is 0.0896. The number of aliphatic hydroxyl groups excluding tert-OH is 5. The van der Waals surface area contributed by atoms with Gasteiger partial charge in [-0.3, -0.25) is 4.79 Å². The molecule has 10 atom stereocenters. The molecule has 0 unspecified atom stereocenters. The quantitative estimate of drug-likeness (QED) is 0.117. The summed E-state index contributed by atoms with van der Waals surface area (Å²) < 4.78 is 35.9. The highest BCUT2D eigenvalue weighted by Gasteiger charge is 2.52. The predicted octanol–water partition coefficient (Wildman–Crippen LogP) is 0.662. The lowest BCUT2D eigenvalue weighted by molar-refractivity contribution is -0.354. The standard InChI is InChI=1S/C29H46O13Si/c1-6-12-37-24-17(10-11-20(31)32)8-7-9-18(24)40-25-19(15-30)41-28(36)27(38-13-14-43(3,4)5)26(25)42-29-23(35)22(34)21(33)16(2)39-29/h6-9,16,19,21-23,25-30,33-36H,1,10-15H2,2-5H3,(H,31,32)/t16-,19-,21+,22+,23-,25-,26+,27-,28-,29+/m1/s1. The molecular weight excluding hydrogens is 584 g/mol. The summed E-state index contributed by atoms with van der Waals surface area (Å²) in [6.45, 7) is 11.4. The van der Waals surface area contributed by atoms with E-state index >= 15 is 0 Å². The van der Waals surface area contributed by atoms with Crippen molar-refractivity contribution in [1.82, 2.24) is 0 Å². The highest BCUT2D eigenvalue weighted by molar-refractivity contribution is 6.76. The molecule has 2 aliphatic rings. The fourth-order valence-corrected chi connectivity index (χ4v) is 5.57. The Balaban J connectivity index is 2.01. The zero-order valence-corrected chi connectivity index (χ0v) is 26.1. The number of rotatable bonds is 15. The summed E-state index contributed by atoms with van der Waals surface area (Å²) >= 11 is 0. The van der Waals surface area contributed by atoms with E-state index in [1.807, 2.05) is 0 Å². The molecule has 0 saturated carbocycles. The minimum Gasteiger partial charge on any atom is -0.485 e. The minimum atomic E-state index is -1.66. The smallest absolute Gasteiger partial charge is 0.303 e. The van der Waals surface area contributed by atoms with E-state index in [1.165, 1.54) is 13.0 Å². The van der Waals surface area contributed by atoms with E-state index in [2.05, 4.69) is 26.2 Å². The molecule has 1 aromatic rings. The summed E-state index contributed by atoms with van der Waals surface area (Å²) in [5, 5.41) is 61.7. The topological polar surface area (TPSA) is 194 Å². The number of carboxylic acids is 1. The lowest BCUT2D eigenvalue weighted by Gasteiger charge is -2.47. The van der Waals surface area contributed by atoms with E-state index in [1.54, 1.807) is 18.2 Å². The number of aryl methyl sites for hydroxylation is 1. The number of para-hydroxylation sites is 1. The molecule has 13 nitrogen and oxygen atoms in total. The second kappa shape index (κ2) is 15.7. The number of hydrogen-bond donors (Lipinski definition) is 6. The molecule has 1 aromatic carbocycles. The highest BCUT2D eigenvalue weighted by Crippen LogP contribution is 2.37. The molecule has 14 heteroatoms. The van der Waals surface area contributed by atoms with Crippen LogP contribution in [0.4, 0.5) is 0 Å². The van der Waals surface area contributed by atoms with Gasteiger partial charge in [0.1, 0.15) is 43.2 Å². The number of aliphatic hydroxyl groups is 5. The Hall–Kier alpha value is -2.11. The molecule has 43 heavy (non-hydrogen) atoms. The summed E-state index contributed by atoms with van der Waals surface area (Å²) in [6.07, 6.45) is -11.8. The van der Waals surface area contributed by atoms with E-state index in [4.69, 9.17) is 28.4 Å². The molecule has 0 aliphatic carbocycles. The van der Waals surface area contributed by atoms with Crippen LogP contribution in [0.2, 0.25) is 25.7 Å².